The number of hydrogen-bond acceptors (Lipinski definition) is 0. The Hall–Kier alpha value is 1.95. The van der Waals surface area contributed by atoms with Crippen molar-refractivity contribution in [1.29, 1.82) is 0 Å². The van der Waals surface area contributed by atoms with Crippen LogP contribution in [0.15, 0.2) is 0 Å². The molecule has 4 heteroatoms. The van der Waals surface area contributed by atoms with Crippen molar-refractivity contribution >= 4 is 47.1 Å². The summed E-state index contributed by atoms with van der Waals surface area (Å²) in [5.41, 5.74) is 0. The molecular weight excluding hydrogens is 96.4 g/mol. The summed E-state index contributed by atoms with van der Waals surface area (Å²) in [4.78, 5) is 0. The summed E-state index contributed by atoms with van der Waals surface area (Å²) in [6.07, 6.45) is 0. The molecule has 0 spiro atoms. The molecule has 0 aliphatic carbocycles. The van der Waals surface area contributed by atoms with Gasteiger partial charge in [0.2, 0.25) is 0 Å². The van der Waals surface area contributed by atoms with Crippen LogP contribution in [0.5, 0.6) is 0 Å². The maximum absolute atomic E-state index is 0. The van der Waals surface area contributed by atoms with E-state index in [1.54, 1.807) is 0 Å². The van der Waals surface area contributed by atoms with Crippen molar-refractivity contribution < 1.29 is 20.3 Å². The first-order valence-electron chi connectivity index (χ1n) is 0. The minimum atomic E-state index is 0. The van der Waals surface area contributed by atoms with Gasteiger partial charge in [-0.05, 0) is 0 Å². The molecule has 4 heavy (non-hydrogen) atoms. The zero-order valence-corrected chi connectivity index (χ0v) is 3.96. The molecule has 0 rings (SSSR count). The second-order valence-electron chi connectivity index (χ2n) is 0. The van der Waals surface area contributed by atoms with Crippen LogP contribution in [0.3, 0.4) is 0 Å². The van der Waals surface area contributed by atoms with Gasteiger partial charge in [-0.15, -0.1) is 12.4 Å². The Kier molecular flexibility index (Phi) is 194. The monoisotopic (exact) mass is 102 g/mol. The summed E-state index contributed by atoms with van der Waals surface area (Å²) in [5, 5.41) is 0. The standard InChI is InChI=1S/2Al.ClH.Li.H2.3H/h;;1H;;1H;;;/q;+3;;+1;;;;. The Labute approximate surface area is 67.1 Å². The zero-order valence-electron chi connectivity index (χ0n) is 1.99. The van der Waals surface area contributed by atoms with Gasteiger partial charge < -0.3 is 0 Å². The summed E-state index contributed by atoms with van der Waals surface area (Å²) in [5.74, 6) is 0. The Morgan fingerprint density at radius 3 is 1.25 bits per heavy atom. The number of halogens is 1. The van der Waals surface area contributed by atoms with E-state index in [1.165, 1.54) is 0 Å². The molecular formula is H6Al2ClLi+4. The van der Waals surface area contributed by atoms with Crippen molar-refractivity contribution in [3.05, 3.63) is 0 Å². The molecule has 0 nitrogen and oxygen atoms in total. The van der Waals surface area contributed by atoms with Gasteiger partial charge in [0.1, 0.15) is 0 Å². The molecule has 0 atom stereocenters. The summed E-state index contributed by atoms with van der Waals surface area (Å²) in [7, 11) is 0. The maximum Gasteiger partial charge on any atom is 3.00 e. The van der Waals surface area contributed by atoms with Crippen molar-refractivity contribution in [3.63, 3.8) is 0 Å². The average Bonchev–Trinajstić information content (AvgIpc) is 0. The van der Waals surface area contributed by atoms with E-state index >= 15 is 0 Å². The topological polar surface area (TPSA) is 0 Å². The van der Waals surface area contributed by atoms with E-state index in [2.05, 4.69) is 0 Å². The third-order valence-electron chi connectivity index (χ3n) is 0. The van der Waals surface area contributed by atoms with E-state index in [0.717, 1.165) is 0 Å². The van der Waals surface area contributed by atoms with Crippen molar-refractivity contribution in [2.45, 2.75) is 0 Å². The van der Waals surface area contributed by atoms with Gasteiger partial charge in [0.15, 0.2) is 17.4 Å². The van der Waals surface area contributed by atoms with Gasteiger partial charge in [0, 0.05) is 1.43 Å². The molecule has 0 heterocycles. The summed E-state index contributed by atoms with van der Waals surface area (Å²) < 4.78 is 0. The predicted octanol–water partition coefficient (Wildman–Crippen LogP) is -3.89. The fourth-order valence-electron chi connectivity index (χ4n) is 0. The summed E-state index contributed by atoms with van der Waals surface area (Å²) in [6.45, 7) is 0. The molecule has 0 bridgehead atoms. The quantitative estimate of drug-likeness (QED) is 0.274. The second kappa shape index (κ2) is 20.3. The molecule has 0 saturated heterocycles. The van der Waals surface area contributed by atoms with Gasteiger partial charge in [-0.25, -0.2) is 0 Å². The molecule has 0 aliphatic heterocycles. The van der Waals surface area contributed by atoms with Gasteiger partial charge in [-0.3, -0.25) is 0 Å². The molecule has 0 fully saturated rings. The first-order valence-corrected chi connectivity index (χ1v) is 0. The van der Waals surface area contributed by atoms with Gasteiger partial charge in [-0.2, -0.15) is 0 Å². The van der Waals surface area contributed by atoms with E-state index in [4.69, 9.17) is 0 Å². The smallest absolute Gasteiger partial charge is 0.147 e. The van der Waals surface area contributed by atoms with E-state index in [0.29, 0.717) is 0 Å². The minimum Gasteiger partial charge on any atom is -0.147 e. The van der Waals surface area contributed by atoms with Crippen LogP contribution in [-0.4, -0.2) is 34.7 Å². The van der Waals surface area contributed by atoms with E-state index in [9.17, 15) is 0 Å². The largest absolute Gasteiger partial charge is 3.00 e. The predicted molar refractivity (Wildman–Crippen MR) is 25.1 cm³/mol. The minimum absolute atomic E-state index is 0. The first-order chi connectivity index (χ1) is 0. The molecule has 0 N–H and O–H groups in total. The third-order valence-corrected chi connectivity index (χ3v) is 0. The number of rotatable bonds is 0. The second-order valence-corrected chi connectivity index (χ2v) is 0. The molecule has 0 amide bonds. The van der Waals surface area contributed by atoms with Crippen LogP contribution in [0.1, 0.15) is 1.43 Å². The molecule has 0 unspecified atom stereocenters. The maximum atomic E-state index is 0. The molecule has 0 saturated carbocycles. The molecule has 0 aromatic rings. The van der Waals surface area contributed by atoms with E-state index < -0.39 is 0 Å². The Balaban J connectivity index is 0. The summed E-state index contributed by atoms with van der Waals surface area (Å²) in [6, 6.07) is 0. The summed E-state index contributed by atoms with van der Waals surface area (Å²) >= 11 is 0. The Bertz CT molecular complexity index is 9.61. The van der Waals surface area contributed by atoms with Crippen LogP contribution < -0.4 is 18.9 Å². The van der Waals surface area contributed by atoms with Gasteiger partial charge in [0.25, 0.3) is 0 Å². The first kappa shape index (κ1) is 38.3. The Morgan fingerprint density at radius 1 is 1.25 bits per heavy atom. The van der Waals surface area contributed by atoms with Crippen molar-refractivity contribution in [1.82, 2.24) is 0 Å². The van der Waals surface area contributed by atoms with E-state index in [1.807, 2.05) is 0 Å². The van der Waals surface area contributed by atoms with Crippen molar-refractivity contribution in [3.8, 4) is 0 Å². The fraction of sp³-hybridized carbons (Fsp3) is 0. The van der Waals surface area contributed by atoms with E-state index in [-0.39, 0.29) is 67.4 Å². The molecule has 0 aromatic heterocycles. The molecule has 0 aliphatic rings. The third kappa shape index (κ3) is 9.04. The zero-order chi connectivity index (χ0) is 0. The van der Waals surface area contributed by atoms with Crippen molar-refractivity contribution in [2.75, 3.05) is 0 Å². The number of hydrogen-bond donors (Lipinski definition) is 0. The van der Waals surface area contributed by atoms with Crippen LogP contribution >= 0.6 is 12.4 Å². The fourth-order valence-corrected chi connectivity index (χ4v) is 0. The van der Waals surface area contributed by atoms with Crippen LogP contribution in [0.25, 0.3) is 0 Å². The SMILES string of the molecule is Cl.[Al+3].[AlH3].[HH].[Li+]. The van der Waals surface area contributed by atoms with Crippen LogP contribution in [-0.2, 0) is 0 Å². The molecule has 16 valence electrons. The van der Waals surface area contributed by atoms with Crippen LogP contribution in [0, 0.1) is 0 Å². The normalized spacial score (nSPS) is 0. The molecule has 0 aromatic carbocycles. The van der Waals surface area contributed by atoms with Gasteiger partial charge in [0.05, 0.1) is 0 Å². The van der Waals surface area contributed by atoms with Crippen molar-refractivity contribution in [2.24, 2.45) is 0 Å². The van der Waals surface area contributed by atoms with Crippen LogP contribution in [0.2, 0.25) is 0 Å². The Morgan fingerprint density at radius 2 is 1.25 bits per heavy atom. The van der Waals surface area contributed by atoms with Gasteiger partial charge in [-0.1, -0.05) is 0 Å². The average molecular weight is 102 g/mol. The van der Waals surface area contributed by atoms with Gasteiger partial charge >= 0.3 is 36.2 Å². The molecule has 0 radical (unpaired) electrons. The van der Waals surface area contributed by atoms with Crippen LogP contribution in [0.4, 0.5) is 0 Å².